The quantitative estimate of drug-likeness (QED) is 0.753. The summed E-state index contributed by atoms with van der Waals surface area (Å²) >= 11 is 0. The molecule has 6 nitrogen and oxygen atoms in total. The average molecular weight is 364 g/mol. The number of benzene rings is 1. The maximum absolute atomic E-state index is 12.6. The number of alkyl halides is 3. The Morgan fingerprint density at radius 1 is 1.15 bits per heavy atom. The van der Waals surface area contributed by atoms with Gasteiger partial charge in [0.1, 0.15) is 5.82 Å². The number of methoxy groups -OCH3 is 1. The van der Waals surface area contributed by atoms with Gasteiger partial charge in [-0.3, -0.25) is 9.36 Å². The fourth-order valence-corrected chi connectivity index (χ4v) is 2.34. The highest BCUT2D eigenvalue weighted by atomic mass is 19.4. The Kier molecular flexibility index (Phi) is 4.90. The third-order valence-corrected chi connectivity index (χ3v) is 3.69. The number of nitrogens with one attached hydrogen (secondary N) is 1. The van der Waals surface area contributed by atoms with Gasteiger partial charge in [-0.2, -0.15) is 13.2 Å². The molecule has 2 aromatic heterocycles. The second-order valence-electron chi connectivity index (χ2n) is 5.50. The number of ether oxygens (including phenoxy) is 1. The number of halogens is 3. The molecule has 3 rings (SSSR count). The summed E-state index contributed by atoms with van der Waals surface area (Å²) in [5, 5.41) is 2.89. The Labute approximate surface area is 146 Å². The maximum Gasteiger partial charge on any atom is 0.416 e. The van der Waals surface area contributed by atoms with Crippen LogP contribution < -0.4 is 10.9 Å². The van der Waals surface area contributed by atoms with Crippen LogP contribution in [-0.2, 0) is 17.5 Å². The van der Waals surface area contributed by atoms with E-state index in [9.17, 15) is 18.0 Å². The fourth-order valence-electron chi connectivity index (χ4n) is 2.34. The molecule has 0 saturated heterocycles. The first-order chi connectivity index (χ1) is 12.4. The molecule has 0 radical (unpaired) electrons. The SMILES string of the molecule is COCCn1cnc2ccc(Nc3ccc(C(F)(F)F)cc3)nc2c1=O. The lowest BCUT2D eigenvalue weighted by molar-refractivity contribution is -0.137. The molecule has 26 heavy (non-hydrogen) atoms. The zero-order chi connectivity index (χ0) is 18.7. The summed E-state index contributed by atoms with van der Waals surface area (Å²) in [5.41, 5.74) is -0.0292. The number of hydrogen-bond acceptors (Lipinski definition) is 5. The van der Waals surface area contributed by atoms with Crippen molar-refractivity contribution in [3.8, 4) is 0 Å². The molecule has 0 bridgehead atoms. The highest BCUT2D eigenvalue weighted by molar-refractivity contribution is 5.75. The van der Waals surface area contributed by atoms with Crippen LogP contribution in [0, 0.1) is 0 Å². The lowest BCUT2D eigenvalue weighted by Crippen LogP contribution is -2.23. The van der Waals surface area contributed by atoms with Crippen molar-refractivity contribution in [2.45, 2.75) is 12.7 Å². The van der Waals surface area contributed by atoms with E-state index in [2.05, 4.69) is 15.3 Å². The summed E-state index contributed by atoms with van der Waals surface area (Å²) in [7, 11) is 1.53. The Bertz CT molecular complexity index is 968. The minimum atomic E-state index is -4.39. The first-order valence-corrected chi connectivity index (χ1v) is 7.68. The molecule has 0 amide bonds. The second-order valence-corrected chi connectivity index (χ2v) is 5.50. The van der Waals surface area contributed by atoms with Crippen molar-refractivity contribution in [2.75, 3.05) is 19.0 Å². The summed E-state index contributed by atoms with van der Waals surface area (Å²) in [6, 6.07) is 7.78. The van der Waals surface area contributed by atoms with E-state index in [0.29, 0.717) is 30.2 Å². The molecule has 0 spiro atoms. The summed E-state index contributed by atoms with van der Waals surface area (Å²) in [6.45, 7) is 0.701. The molecular weight excluding hydrogens is 349 g/mol. The van der Waals surface area contributed by atoms with Crippen molar-refractivity contribution in [3.05, 3.63) is 58.6 Å². The zero-order valence-corrected chi connectivity index (χ0v) is 13.7. The summed E-state index contributed by atoms with van der Waals surface area (Å²) in [4.78, 5) is 20.9. The number of hydrogen-bond donors (Lipinski definition) is 1. The molecule has 2 heterocycles. The van der Waals surface area contributed by atoms with Crippen LogP contribution in [0.5, 0.6) is 0 Å². The molecule has 1 N–H and O–H groups in total. The van der Waals surface area contributed by atoms with Gasteiger partial charge in [-0.1, -0.05) is 0 Å². The Morgan fingerprint density at radius 3 is 2.54 bits per heavy atom. The Hall–Kier alpha value is -2.94. The normalized spacial score (nSPS) is 11.7. The van der Waals surface area contributed by atoms with Crippen LogP contribution in [0.3, 0.4) is 0 Å². The molecule has 9 heteroatoms. The minimum Gasteiger partial charge on any atom is -0.383 e. The van der Waals surface area contributed by atoms with Crippen LogP contribution in [0.15, 0.2) is 47.5 Å². The van der Waals surface area contributed by atoms with Crippen molar-refractivity contribution in [1.29, 1.82) is 0 Å². The smallest absolute Gasteiger partial charge is 0.383 e. The van der Waals surface area contributed by atoms with Gasteiger partial charge >= 0.3 is 6.18 Å². The lowest BCUT2D eigenvalue weighted by Gasteiger charge is -2.10. The molecule has 0 fully saturated rings. The van der Waals surface area contributed by atoms with Crippen LogP contribution in [0.25, 0.3) is 11.0 Å². The summed E-state index contributed by atoms with van der Waals surface area (Å²) < 4.78 is 44.2. The van der Waals surface area contributed by atoms with E-state index in [1.54, 1.807) is 12.1 Å². The summed E-state index contributed by atoms with van der Waals surface area (Å²) in [5.74, 6) is 0.334. The predicted molar refractivity (Wildman–Crippen MR) is 90.4 cm³/mol. The van der Waals surface area contributed by atoms with E-state index in [1.165, 1.54) is 30.1 Å². The third-order valence-electron chi connectivity index (χ3n) is 3.69. The highest BCUT2D eigenvalue weighted by Crippen LogP contribution is 2.30. The van der Waals surface area contributed by atoms with Gasteiger partial charge in [0, 0.05) is 12.8 Å². The Balaban J connectivity index is 1.88. The van der Waals surface area contributed by atoms with Crippen molar-refractivity contribution in [3.63, 3.8) is 0 Å². The van der Waals surface area contributed by atoms with Gasteiger partial charge < -0.3 is 10.1 Å². The predicted octanol–water partition coefficient (Wildman–Crippen LogP) is 3.20. The number of aromatic nitrogens is 3. The Morgan fingerprint density at radius 2 is 1.88 bits per heavy atom. The fraction of sp³-hybridized carbons (Fsp3) is 0.235. The topological polar surface area (TPSA) is 69.0 Å². The molecule has 136 valence electrons. The maximum atomic E-state index is 12.6. The van der Waals surface area contributed by atoms with Gasteiger partial charge in [0.15, 0.2) is 5.52 Å². The first kappa shape index (κ1) is 17.9. The van der Waals surface area contributed by atoms with E-state index in [0.717, 1.165) is 12.1 Å². The van der Waals surface area contributed by atoms with E-state index < -0.39 is 11.7 Å². The van der Waals surface area contributed by atoms with E-state index in [1.807, 2.05) is 0 Å². The largest absolute Gasteiger partial charge is 0.416 e. The number of rotatable bonds is 5. The molecule has 0 aliphatic heterocycles. The van der Waals surface area contributed by atoms with E-state index in [4.69, 9.17) is 4.74 Å². The van der Waals surface area contributed by atoms with Crippen molar-refractivity contribution < 1.29 is 17.9 Å². The summed E-state index contributed by atoms with van der Waals surface area (Å²) in [6.07, 6.45) is -2.97. The second kappa shape index (κ2) is 7.12. The van der Waals surface area contributed by atoms with E-state index >= 15 is 0 Å². The zero-order valence-electron chi connectivity index (χ0n) is 13.7. The molecule has 1 aromatic carbocycles. The van der Waals surface area contributed by atoms with Crippen molar-refractivity contribution in [1.82, 2.24) is 14.5 Å². The third kappa shape index (κ3) is 3.83. The number of fused-ring (bicyclic) bond motifs is 1. The molecule has 0 unspecified atom stereocenters. The van der Waals surface area contributed by atoms with Crippen LogP contribution in [0.1, 0.15) is 5.56 Å². The number of nitrogens with zero attached hydrogens (tertiary/aromatic N) is 3. The minimum absolute atomic E-state index is 0.167. The van der Waals surface area contributed by atoms with Crippen LogP contribution in [0.2, 0.25) is 0 Å². The van der Waals surface area contributed by atoms with E-state index in [-0.39, 0.29) is 11.1 Å². The van der Waals surface area contributed by atoms with Crippen molar-refractivity contribution in [2.24, 2.45) is 0 Å². The standard InChI is InChI=1S/C17H15F3N4O2/c1-26-9-8-24-10-21-13-6-7-14(23-15(13)16(24)25)22-12-4-2-11(3-5-12)17(18,19)20/h2-7,10H,8-9H2,1H3,(H,22,23). The van der Waals surface area contributed by atoms with Gasteiger partial charge in [0.05, 0.1) is 30.6 Å². The number of anilines is 2. The van der Waals surface area contributed by atoms with Gasteiger partial charge in [-0.15, -0.1) is 0 Å². The molecular formula is C17H15F3N4O2. The monoisotopic (exact) mass is 364 g/mol. The first-order valence-electron chi connectivity index (χ1n) is 7.68. The van der Waals surface area contributed by atoms with Gasteiger partial charge in [0.2, 0.25) is 0 Å². The molecule has 3 aromatic rings. The van der Waals surface area contributed by atoms with Crippen molar-refractivity contribution >= 4 is 22.5 Å². The molecule has 0 saturated carbocycles. The van der Waals surface area contributed by atoms with Gasteiger partial charge in [0.25, 0.3) is 5.56 Å². The van der Waals surface area contributed by atoms with Crippen LogP contribution in [0.4, 0.5) is 24.7 Å². The lowest BCUT2D eigenvalue weighted by atomic mass is 10.2. The van der Waals surface area contributed by atoms with Gasteiger partial charge in [-0.05, 0) is 36.4 Å². The molecule has 0 aliphatic carbocycles. The molecule has 0 atom stereocenters. The average Bonchev–Trinajstić information content (AvgIpc) is 2.61. The number of pyridine rings is 1. The van der Waals surface area contributed by atoms with Crippen LogP contribution in [-0.4, -0.2) is 28.3 Å². The van der Waals surface area contributed by atoms with Crippen LogP contribution >= 0.6 is 0 Å². The van der Waals surface area contributed by atoms with Gasteiger partial charge in [-0.25, -0.2) is 9.97 Å². The highest BCUT2D eigenvalue weighted by Gasteiger charge is 2.29. The molecule has 0 aliphatic rings.